The zero-order valence-electron chi connectivity index (χ0n) is 13.8. The Bertz CT molecular complexity index is 417. The lowest BCUT2D eigenvalue weighted by atomic mass is 9.90. The molecule has 0 aliphatic carbocycles. The quantitative estimate of drug-likeness (QED) is 0.789. The van der Waals surface area contributed by atoms with Gasteiger partial charge in [-0.25, -0.2) is 0 Å². The summed E-state index contributed by atoms with van der Waals surface area (Å²) < 4.78 is 5.32. The largest absolute Gasteiger partial charge is 0.385 e. The molecule has 0 saturated heterocycles. The zero-order valence-corrected chi connectivity index (χ0v) is 13.8. The summed E-state index contributed by atoms with van der Waals surface area (Å²) >= 11 is 0. The Morgan fingerprint density at radius 3 is 2.76 bits per heavy atom. The smallest absolute Gasteiger partial charge is 0.0589 e. The average molecular weight is 290 g/mol. The second kappa shape index (κ2) is 8.40. The molecule has 1 atom stereocenters. The molecule has 0 spiro atoms. The first-order valence-electron chi connectivity index (χ1n) is 8.35. The number of para-hydroxylation sites is 1. The van der Waals surface area contributed by atoms with Gasteiger partial charge in [0, 0.05) is 44.4 Å². The zero-order chi connectivity index (χ0) is 15.1. The summed E-state index contributed by atoms with van der Waals surface area (Å²) in [6, 6.07) is 9.45. The fourth-order valence-electron chi connectivity index (χ4n) is 3.46. The predicted molar refractivity (Wildman–Crippen MR) is 90.1 cm³/mol. The minimum absolute atomic E-state index is 0.639. The van der Waals surface area contributed by atoms with Gasteiger partial charge in [0.1, 0.15) is 0 Å². The first kappa shape index (κ1) is 16.3. The third kappa shape index (κ3) is 4.21. The number of hydrogen-bond donors (Lipinski definition) is 1. The summed E-state index contributed by atoms with van der Waals surface area (Å²) in [6.45, 7) is 8.68. The second-order valence-electron chi connectivity index (χ2n) is 5.96. The lowest BCUT2D eigenvalue weighted by Gasteiger charge is -2.36. The summed E-state index contributed by atoms with van der Waals surface area (Å²) in [4.78, 5) is 2.64. The van der Waals surface area contributed by atoms with Gasteiger partial charge in [0.05, 0.1) is 6.61 Å². The molecule has 3 nitrogen and oxygen atoms in total. The fraction of sp³-hybridized carbons (Fsp3) is 0.667. The van der Waals surface area contributed by atoms with Crippen molar-refractivity contribution in [2.75, 3.05) is 38.7 Å². The molecule has 3 heteroatoms. The minimum atomic E-state index is 0.639. The number of rotatable bonds is 8. The summed E-state index contributed by atoms with van der Waals surface area (Å²) in [6.07, 6.45) is 3.65. The van der Waals surface area contributed by atoms with E-state index in [2.05, 4.69) is 48.3 Å². The maximum absolute atomic E-state index is 5.32. The van der Waals surface area contributed by atoms with Gasteiger partial charge < -0.3 is 10.1 Å². The highest BCUT2D eigenvalue weighted by Gasteiger charge is 2.24. The second-order valence-corrected chi connectivity index (χ2v) is 5.96. The number of fused-ring (bicyclic) bond motifs is 1. The molecule has 1 aliphatic heterocycles. The fourth-order valence-corrected chi connectivity index (χ4v) is 3.46. The monoisotopic (exact) mass is 290 g/mol. The number of methoxy groups -OCH3 is 1. The van der Waals surface area contributed by atoms with Crippen molar-refractivity contribution in [3.05, 3.63) is 29.8 Å². The number of benzene rings is 1. The molecule has 0 radical (unpaired) electrons. The van der Waals surface area contributed by atoms with E-state index in [1.54, 1.807) is 7.11 Å². The average Bonchev–Trinajstić information content (AvgIpc) is 2.53. The molecule has 118 valence electrons. The van der Waals surface area contributed by atoms with Crippen molar-refractivity contribution < 1.29 is 4.74 Å². The van der Waals surface area contributed by atoms with Crippen LogP contribution in [-0.4, -0.2) is 44.3 Å². The molecular formula is C18H30N2O. The van der Waals surface area contributed by atoms with E-state index in [0.717, 1.165) is 26.2 Å². The highest BCUT2D eigenvalue weighted by Crippen LogP contribution is 2.32. The van der Waals surface area contributed by atoms with Crippen LogP contribution in [0.15, 0.2) is 24.3 Å². The lowest BCUT2D eigenvalue weighted by molar-refractivity contribution is 0.109. The predicted octanol–water partition coefficient (Wildman–Crippen LogP) is 3.72. The van der Waals surface area contributed by atoms with Gasteiger partial charge >= 0.3 is 0 Å². The Labute approximate surface area is 129 Å². The van der Waals surface area contributed by atoms with Crippen molar-refractivity contribution in [2.24, 2.45) is 0 Å². The number of hydrogen-bond acceptors (Lipinski definition) is 3. The van der Waals surface area contributed by atoms with Crippen LogP contribution < -0.4 is 5.32 Å². The van der Waals surface area contributed by atoms with Gasteiger partial charge in [0.25, 0.3) is 0 Å². The summed E-state index contributed by atoms with van der Waals surface area (Å²) in [7, 11) is 1.80. The van der Waals surface area contributed by atoms with Gasteiger partial charge in [-0.15, -0.1) is 0 Å². The van der Waals surface area contributed by atoms with E-state index in [0.29, 0.717) is 12.0 Å². The van der Waals surface area contributed by atoms with E-state index < -0.39 is 0 Å². The summed E-state index contributed by atoms with van der Waals surface area (Å²) in [5.74, 6) is 0.639. The van der Waals surface area contributed by atoms with Gasteiger partial charge in [-0.05, 0) is 30.9 Å². The third-order valence-corrected chi connectivity index (χ3v) is 4.71. The molecule has 21 heavy (non-hydrogen) atoms. The van der Waals surface area contributed by atoms with Crippen molar-refractivity contribution in [1.29, 1.82) is 0 Å². The number of anilines is 1. The highest BCUT2D eigenvalue weighted by molar-refractivity contribution is 5.54. The molecule has 1 unspecified atom stereocenters. The highest BCUT2D eigenvalue weighted by atomic mass is 16.5. The number of ether oxygens (including phenoxy) is 1. The molecular weight excluding hydrogens is 260 g/mol. The van der Waals surface area contributed by atoms with Crippen molar-refractivity contribution in [1.82, 2.24) is 4.90 Å². The topological polar surface area (TPSA) is 24.5 Å². The van der Waals surface area contributed by atoms with E-state index in [4.69, 9.17) is 4.74 Å². The molecule has 2 rings (SSSR count). The van der Waals surface area contributed by atoms with E-state index >= 15 is 0 Å². The molecule has 0 aromatic heterocycles. The number of nitrogens with one attached hydrogen (secondary N) is 1. The Balaban J connectivity index is 2.09. The van der Waals surface area contributed by atoms with Crippen LogP contribution in [0.5, 0.6) is 0 Å². The third-order valence-electron chi connectivity index (χ3n) is 4.71. The SMILES string of the molecule is CCC(CC)N(CCOC)CC1CCNc2ccccc21. The molecule has 1 aromatic carbocycles. The molecule has 1 aromatic rings. The molecule has 1 heterocycles. The van der Waals surface area contributed by atoms with Crippen LogP contribution in [0.4, 0.5) is 5.69 Å². The van der Waals surface area contributed by atoms with E-state index in [9.17, 15) is 0 Å². The molecule has 0 amide bonds. The van der Waals surface area contributed by atoms with Crippen LogP contribution in [-0.2, 0) is 4.74 Å². The van der Waals surface area contributed by atoms with Crippen LogP contribution in [0.1, 0.15) is 44.6 Å². The van der Waals surface area contributed by atoms with Gasteiger partial charge in [0.15, 0.2) is 0 Å². The lowest BCUT2D eigenvalue weighted by Crippen LogP contribution is -2.40. The number of nitrogens with zero attached hydrogens (tertiary/aromatic N) is 1. The normalized spacial score (nSPS) is 17.9. The van der Waals surface area contributed by atoms with Gasteiger partial charge in [-0.3, -0.25) is 4.90 Å². The Morgan fingerprint density at radius 2 is 2.05 bits per heavy atom. The van der Waals surface area contributed by atoms with Gasteiger partial charge in [0.2, 0.25) is 0 Å². The first-order valence-corrected chi connectivity index (χ1v) is 8.35. The van der Waals surface area contributed by atoms with Crippen molar-refractivity contribution in [3.8, 4) is 0 Å². The van der Waals surface area contributed by atoms with E-state index in [1.165, 1.54) is 30.5 Å². The maximum atomic E-state index is 5.32. The Hall–Kier alpha value is -1.06. The van der Waals surface area contributed by atoms with Gasteiger partial charge in [-0.1, -0.05) is 32.0 Å². The van der Waals surface area contributed by atoms with Crippen LogP contribution in [0.2, 0.25) is 0 Å². The van der Waals surface area contributed by atoms with E-state index in [1.807, 2.05) is 0 Å². The summed E-state index contributed by atoms with van der Waals surface area (Å²) in [5, 5.41) is 3.52. The van der Waals surface area contributed by atoms with Crippen LogP contribution in [0.25, 0.3) is 0 Å². The van der Waals surface area contributed by atoms with Crippen LogP contribution in [0.3, 0.4) is 0 Å². The molecule has 1 N–H and O–H groups in total. The van der Waals surface area contributed by atoms with Gasteiger partial charge in [-0.2, -0.15) is 0 Å². The Morgan fingerprint density at radius 1 is 1.29 bits per heavy atom. The molecule has 0 saturated carbocycles. The van der Waals surface area contributed by atoms with E-state index in [-0.39, 0.29) is 0 Å². The maximum Gasteiger partial charge on any atom is 0.0589 e. The molecule has 0 fully saturated rings. The van der Waals surface area contributed by atoms with Crippen molar-refractivity contribution in [2.45, 2.75) is 45.1 Å². The van der Waals surface area contributed by atoms with Crippen molar-refractivity contribution in [3.63, 3.8) is 0 Å². The Kier molecular flexibility index (Phi) is 6.52. The van der Waals surface area contributed by atoms with Crippen LogP contribution in [0, 0.1) is 0 Å². The molecule has 1 aliphatic rings. The van der Waals surface area contributed by atoms with Crippen molar-refractivity contribution >= 4 is 5.69 Å². The first-order chi connectivity index (χ1) is 10.3. The molecule has 0 bridgehead atoms. The minimum Gasteiger partial charge on any atom is -0.385 e. The standard InChI is InChI=1S/C18H30N2O/c1-4-16(5-2)20(12-13-21-3)14-15-10-11-19-18-9-7-6-8-17(15)18/h6-9,15-16,19H,4-5,10-14H2,1-3H3. The van der Waals surface area contributed by atoms with Crippen LogP contribution >= 0.6 is 0 Å². The summed E-state index contributed by atoms with van der Waals surface area (Å²) in [5.41, 5.74) is 2.81.